The number of aromatic nitrogens is 5. The fourth-order valence-electron chi connectivity index (χ4n) is 2.32. The second-order valence-electron chi connectivity index (χ2n) is 5.81. The van der Waals surface area contributed by atoms with Crippen molar-refractivity contribution in [1.29, 1.82) is 0 Å². The van der Waals surface area contributed by atoms with E-state index in [-0.39, 0.29) is 18.4 Å². The number of hydrogen-bond acceptors (Lipinski definition) is 7. The van der Waals surface area contributed by atoms with Gasteiger partial charge in [0, 0.05) is 5.69 Å². The monoisotopic (exact) mass is 344 g/mol. The van der Waals surface area contributed by atoms with Crippen molar-refractivity contribution in [2.24, 2.45) is 0 Å². The second-order valence-corrected chi connectivity index (χ2v) is 5.81. The third-order valence-corrected chi connectivity index (χ3v) is 3.53. The van der Waals surface area contributed by atoms with E-state index in [1.54, 1.807) is 13.0 Å². The zero-order valence-corrected chi connectivity index (χ0v) is 13.8. The summed E-state index contributed by atoms with van der Waals surface area (Å²) in [6.07, 6.45) is 1.23. The number of carbonyl (C=O) groups is 2. The normalized spacial score (nSPS) is 11.2. The molecule has 1 amide bonds. The smallest absolute Gasteiger partial charge is 0.325 e. The first kappa shape index (κ1) is 16.6. The molecule has 25 heavy (non-hydrogen) atoms. The molecular formula is C15H16N6O4. The van der Waals surface area contributed by atoms with Gasteiger partial charge in [-0.2, -0.15) is 0 Å². The first-order valence-corrected chi connectivity index (χ1v) is 7.54. The zero-order valence-electron chi connectivity index (χ0n) is 13.8. The van der Waals surface area contributed by atoms with E-state index in [2.05, 4.69) is 25.5 Å². The highest BCUT2D eigenvalue weighted by Crippen LogP contribution is 2.25. The Morgan fingerprint density at radius 3 is 2.84 bits per heavy atom. The number of nitrogens with one attached hydrogen (secondary N) is 1. The van der Waals surface area contributed by atoms with Crippen LogP contribution in [0.3, 0.4) is 0 Å². The molecular weight excluding hydrogens is 328 g/mol. The van der Waals surface area contributed by atoms with Gasteiger partial charge in [-0.3, -0.25) is 14.9 Å². The minimum absolute atomic E-state index is 0.0106. The van der Waals surface area contributed by atoms with Crippen molar-refractivity contribution in [2.75, 3.05) is 5.32 Å². The van der Waals surface area contributed by atoms with Gasteiger partial charge in [-0.1, -0.05) is 19.0 Å². The number of fused-ring (bicyclic) bond motifs is 1. The Hall–Kier alpha value is -3.30. The molecule has 0 spiro atoms. The Labute approximate surface area is 141 Å². The van der Waals surface area contributed by atoms with Crippen molar-refractivity contribution in [1.82, 2.24) is 24.9 Å². The van der Waals surface area contributed by atoms with E-state index in [1.165, 1.54) is 6.33 Å². The summed E-state index contributed by atoms with van der Waals surface area (Å²) in [4.78, 5) is 31.6. The van der Waals surface area contributed by atoms with Crippen LogP contribution in [0.25, 0.3) is 11.1 Å². The maximum absolute atomic E-state index is 12.7. The zero-order chi connectivity index (χ0) is 18.1. The maximum Gasteiger partial charge on any atom is 0.325 e. The minimum atomic E-state index is -1.06. The molecule has 0 saturated heterocycles. The van der Waals surface area contributed by atoms with Gasteiger partial charge in [0.25, 0.3) is 11.6 Å². The van der Waals surface area contributed by atoms with Gasteiger partial charge in [0.15, 0.2) is 0 Å². The van der Waals surface area contributed by atoms with Crippen molar-refractivity contribution in [3.8, 4) is 0 Å². The highest BCUT2D eigenvalue weighted by Gasteiger charge is 2.20. The van der Waals surface area contributed by atoms with E-state index in [0.29, 0.717) is 28.1 Å². The molecule has 2 N–H and O–H groups in total. The Balaban J connectivity index is 1.94. The predicted molar refractivity (Wildman–Crippen MR) is 86.2 cm³/mol. The number of carboxylic acid groups (broad SMARTS) is 1. The first-order valence-electron chi connectivity index (χ1n) is 7.54. The van der Waals surface area contributed by atoms with Crippen LogP contribution in [0.2, 0.25) is 0 Å². The molecule has 0 aliphatic carbocycles. The first-order chi connectivity index (χ1) is 11.8. The van der Waals surface area contributed by atoms with E-state index in [0.717, 1.165) is 4.68 Å². The SMILES string of the molecule is Cc1noc2nc(C(C)C)cc(C(=O)Nc3ncn(CC(=O)O)n3)c12. The quantitative estimate of drug-likeness (QED) is 0.712. The van der Waals surface area contributed by atoms with Crippen LogP contribution in [0.5, 0.6) is 0 Å². The van der Waals surface area contributed by atoms with Crippen LogP contribution < -0.4 is 5.32 Å². The number of aryl methyl sites for hydroxylation is 1. The Morgan fingerprint density at radius 1 is 1.40 bits per heavy atom. The summed E-state index contributed by atoms with van der Waals surface area (Å²) in [7, 11) is 0. The number of nitrogens with zero attached hydrogens (tertiary/aromatic N) is 5. The molecule has 0 saturated carbocycles. The highest BCUT2D eigenvalue weighted by atomic mass is 16.5. The van der Waals surface area contributed by atoms with Crippen LogP contribution in [0.15, 0.2) is 16.9 Å². The third kappa shape index (κ3) is 3.32. The Morgan fingerprint density at radius 2 is 2.16 bits per heavy atom. The summed E-state index contributed by atoms with van der Waals surface area (Å²) in [5.41, 5.74) is 1.88. The second kappa shape index (κ2) is 6.30. The van der Waals surface area contributed by atoms with Crippen LogP contribution in [0.1, 0.15) is 41.5 Å². The Bertz CT molecular complexity index is 958. The van der Waals surface area contributed by atoms with Crippen molar-refractivity contribution < 1.29 is 19.2 Å². The number of hydrogen-bond donors (Lipinski definition) is 2. The van der Waals surface area contributed by atoms with Gasteiger partial charge in [-0.05, 0) is 18.9 Å². The number of carboxylic acids is 1. The molecule has 0 aromatic carbocycles. The summed E-state index contributed by atoms with van der Waals surface area (Å²) in [5, 5.41) is 19.6. The predicted octanol–water partition coefficient (Wildman–Crippen LogP) is 1.58. The van der Waals surface area contributed by atoms with Gasteiger partial charge in [-0.15, -0.1) is 5.10 Å². The summed E-state index contributed by atoms with van der Waals surface area (Å²) < 4.78 is 6.30. The molecule has 3 heterocycles. The lowest BCUT2D eigenvalue weighted by atomic mass is 10.0. The van der Waals surface area contributed by atoms with Gasteiger partial charge in [0.1, 0.15) is 12.9 Å². The number of pyridine rings is 1. The lowest BCUT2D eigenvalue weighted by Crippen LogP contribution is -2.15. The van der Waals surface area contributed by atoms with Crippen LogP contribution in [0.4, 0.5) is 5.95 Å². The molecule has 0 radical (unpaired) electrons. The number of aliphatic carboxylic acids is 1. The van der Waals surface area contributed by atoms with Crippen molar-refractivity contribution in [2.45, 2.75) is 33.2 Å². The fourth-order valence-corrected chi connectivity index (χ4v) is 2.32. The average molecular weight is 344 g/mol. The summed E-state index contributed by atoms with van der Waals surface area (Å²) >= 11 is 0. The molecule has 3 aromatic heterocycles. The lowest BCUT2D eigenvalue weighted by Gasteiger charge is -2.08. The molecule has 0 fully saturated rings. The molecule has 3 aromatic rings. The van der Waals surface area contributed by atoms with Crippen LogP contribution in [-0.4, -0.2) is 41.9 Å². The maximum atomic E-state index is 12.7. The molecule has 0 unspecified atom stereocenters. The van der Waals surface area contributed by atoms with Crippen LogP contribution in [0, 0.1) is 6.92 Å². The number of carbonyl (C=O) groups excluding carboxylic acids is 1. The van der Waals surface area contributed by atoms with E-state index in [4.69, 9.17) is 9.63 Å². The molecule has 0 bridgehead atoms. The molecule has 0 aliphatic heterocycles. The molecule has 0 atom stereocenters. The number of rotatable bonds is 5. The van der Waals surface area contributed by atoms with Crippen molar-refractivity contribution in [3.63, 3.8) is 0 Å². The lowest BCUT2D eigenvalue weighted by molar-refractivity contribution is -0.137. The van der Waals surface area contributed by atoms with Crippen LogP contribution >= 0.6 is 0 Å². The molecule has 0 aliphatic rings. The molecule has 10 nitrogen and oxygen atoms in total. The number of amides is 1. The van der Waals surface area contributed by atoms with E-state index >= 15 is 0 Å². The fraction of sp³-hybridized carbons (Fsp3) is 0.333. The van der Waals surface area contributed by atoms with Gasteiger partial charge < -0.3 is 9.63 Å². The standard InChI is InChI=1S/C15H16N6O4/c1-7(2)10-4-9(12-8(3)20-25-14(12)17-10)13(24)18-15-16-6-21(19-15)5-11(22)23/h4,6-7H,5H2,1-3H3,(H,22,23)(H,18,19,24). The van der Waals surface area contributed by atoms with Gasteiger partial charge >= 0.3 is 5.97 Å². The van der Waals surface area contributed by atoms with E-state index in [9.17, 15) is 9.59 Å². The topological polar surface area (TPSA) is 136 Å². The van der Waals surface area contributed by atoms with E-state index in [1.807, 2.05) is 13.8 Å². The van der Waals surface area contributed by atoms with Crippen molar-refractivity contribution >= 4 is 28.9 Å². The van der Waals surface area contributed by atoms with Crippen molar-refractivity contribution in [3.05, 3.63) is 29.3 Å². The molecule has 3 rings (SSSR count). The minimum Gasteiger partial charge on any atom is -0.480 e. The molecule has 10 heteroatoms. The number of anilines is 1. The summed E-state index contributed by atoms with van der Waals surface area (Å²) in [6, 6.07) is 1.68. The van der Waals surface area contributed by atoms with E-state index < -0.39 is 11.9 Å². The summed E-state index contributed by atoms with van der Waals surface area (Å²) in [6.45, 7) is 5.28. The van der Waals surface area contributed by atoms with Gasteiger partial charge in [0.05, 0.1) is 16.6 Å². The third-order valence-electron chi connectivity index (χ3n) is 3.53. The average Bonchev–Trinajstić information content (AvgIpc) is 3.12. The highest BCUT2D eigenvalue weighted by molar-refractivity contribution is 6.11. The molecule has 130 valence electrons. The Kier molecular flexibility index (Phi) is 4.17. The van der Waals surface area contributed by atoms with Gasteiger partial charge in [0.2, 0.25) is 5.95 Å². The summed E-state index contributed by atoms with van der Waals surface area (Å²) in [5.74, 6) is -1.40. The largest absolute Gasteiger partial charge is 0.480 e. The van der Waals surface area contributed by atoms with Gasteiger partial charge in [-0.25, -0.2) is 14.6 Å². The van der Waals surface area contributed by atoms with Crippen LogP contribution in [-0.2, 0) is 11.3 Å².